The molecule has 0 saturated carbocycles. The van der Waals surface area contributed by atoms with Crippen LogP contribution in [0.15, 0.2) is 18.2 Å². The Bertz CT molecular complexity index is 601. The topological polar surface area (TPSA) is 89.8 Å². The summed E-state index contributed by atoms with van der Waals surface area (Å²) in [5.41, 5.74) is 2.32. The maximum absolute atomic E-state index is 10.9. The van der Waals surface area contributed by atoms with Crippen molar-refractivity contribution in [3.05, 3.63) is 34.9 Å². The number of aliphatic hydroxyl groups excluding tert-OH is 1. The number of carboxylic acids is 1. The van der Waals surface area contributed by atoms with Crippen molar-refractivity contribution in [2.45, 2.75) is 58.4 Å². The minimum absolute atomic E-state index is 0.197. The summed E-state index contributed by atoms with van der Waals surface area (Å²) in [5, 5.41) is 31.3. The molecule has 5 heteroatoms. The smallest absolute Gasteiger partial charge is 0.323 e. The van der Waals surface area contributed by atoms with Gasteiger partial charge in [-0.05, 0) is 28.5 Å². The number of carbonyl (C=O) groups is 1. The van der Waals surface area contributed by atoms with Crippen LogP contribution in [0, 0.1) is 0 Å². The maximum atomic E-state index is 10.9. The molecule has 140 valence electrons. The summed E-state index contributed by atoms with van der Waals surface area (Å²) >= 11 is 0. The van der Waals surface area contributed by atoms with E-state index in [1.807, 2.05) is 24.3 Å². The van der Waals surface area contributed by atoms with Crippen LogP contribution in [0.5, 0.6) is 5.75 Å². The fourth-order valence-electron chi connectivity index (χ4n) is 2.53. The zero-order chi connectivity index (χ0) is 19.4. The quantitative estimate of drug-likeness (QED) is 0.634. The van der Waals surface area contributed by atoms with E-state index < -0.39 is 18.6 Å². The SMILES string of the molecule is CC(C)(C)c1cc(C=CCNC(CO)C(=O)O)cc(C(C)(C)C)c1O. The summed E-state index contributed by atoms with van der Waals surface area (Å²) in [6, 6.07) is 2.95. The molecule has 1 aromatic carbocycles. The first kappa shape index (κ1) is 21.2. The van der Waals surface area contributed by atoms with Crippen molar-refractivity contribution in [1.82, 2.24) is 5.32 Å². The van der Waals surface area contributed by atoms with Crippen LogP contribution in [0.2, 0.25) is 0 Å². The minimum Gasteiger partial charge on any atom is -0.507 e. The molecule has 0 saturated heterocycles. The Balaban J connectivity index is 3.11. The number of rotatable bonds is 6. The summed E-state index contributed by atoms with van der Waals surface area (Å²) in [7, 11) is 0. The lowest BCUT2D eigenvalue weighted by atomic mass is 9.78. The van der Waals surface area contributed by atoms with Crippen molar-refractivity contribution in [3.63, 3.8) is 0 Å². The van der Waals surface area contributed by atoms with Gasteiger partial charge in [0, 0.05) is 17.7 Å². The van der Waals surface area contributed by atoms with Gasteiger partial charge in [-0.15, -0.1) is 0 Å². The molecule has 0 fully saturated rings. The number of hydrogen-bond donors (Lipinski definition) is 4. The highest BCUT2D eigenvalue weighted by atomic mass is 16.4. The van der Waals surface area contributed by atoms with Crippen molar-refractivity contribution in [3.8, 4) is 5.75 Å². The molecule has 1 unspecified atom stereocenters. The lowest BCUT2D eigenvalue weighted by Gasteiger charge is -2.27. The molecule has 0 aliphatic carbocycles. The second-order valence-electron chi connectivity index (χ2n) is 8.35. The van der Waals surface area contributed by atoms with Crippen LogP contribution in [0.25, 0.3) is 6.08 Å². The molecule has 5 nitrogen and oxygen atoms in total. The molecule has 0 aromatic heterocycles. The van der Waals surface area contributed by atoms with E-state index in [0.29, 0.717) is 12.3 Å². The molecule has 0 aliphatic heterocycles. The third-order valence-electron chi connectivity index (χ3n) is 4.02. The molecular formula is C20H31NO4. The number of carboxylic acid groups (broad SMARTS) is 1. The van der Waals surface area contributed by atoms with Crippen molar-refractivity contribution in [2.75, 3.05) is 13.2 Å². The molecule has 0 heterocycles. The van der Waals surface area contributed by atoms with Gasteiger partial charge >= 0.3 is 5.97 Å². The van der Waals surface area contributed by atoms with E-state index >= 15 is 0 Å². The Morgan fingerprint density at radius 3 is 1.96 bits per heavy atom. The molecule has 1 rings (SSSR count). The molecule has 25 heavy (non-hydrogen) atoms. The first-order valence-corrected chi connectivity index (χ1v) is 8.49. The Labute approximate surface area is 150 Å². The fourth-order valence-corrected chi connectivity index (χ4v) is 2.53. The zero-order valence-corrected chi connectivity index (χ0v) is 16.1. The van der Waals surface area contributed by atoms with E-state index in [2.05, 4.69) is 46.9 Å². The molecule has 0 spiro atoms. The summed E-state index contributed by atoms with van der Waals surface area (Å²) in [5.74, 6) is -0.743. The van der Waals surface area contributed by atoms with Crippen LogP contribution in [-0.2, 0) is 15.6 Å². The Hall–Kier alpha value is -1.85. The normalized spacial score (nSPS) is 14.0. The van der Waals surface area contributed by atoms with Crippen LogP contribution < -0.4 is 5.32 Å². The highest BCUT2D eigenvalue weighted by Gasteiger charge is 2.26. The second-order valence-corrected chi connectivity index (χ2v) is 8.35. The predicted octanol–water partition coefficient (Wildman–Crippen LogP) is 3.04. The van der Waals surface area contributed by atoms with E-state index in [1.54, 1.807) is 0 Å². The second kappa shape index (κ2) is 8.02. The summed E-state index contributed by atoms with van der Waals surface area (Å²) in [4.78, 5) is 10.9. The lowest BCUT2D eigenvalue weighted by molar-refractivity contribution is -0.140. The van der Waals surface area contributed by atoms with E-state index in [-0.39, 0.29) is 10.8 Å². The van der Waals surface area contributed by atoms with Gasteiger partial charge in [0.2, 0.25) is 0 Å². The number of aliphatic hydroxyl groups is 1. The van der Waals surface area contributed by atoms with Gasteiger partial charge in [-0.25, -0.2) is 0 Å². The number of phenols is 1. The van der Waals surface area contributed by atoms with Gasteiger partial charge in [-0.2, -0.15) is 0 Å². The lowest BCUT2D eigenvalue weighted by Crippen LogP contribution is -2.39. The van der Waals surface area contributed by atoms with Gasteiger partial charge in [0.1, 0.15) is 11.8 Å². The number of aromatic hydroxyl groups is 1. The predicted molar refractivity (Wildman–Crippen MR) is 101 cm³/mol. The van der Waals surface area contributed by atoms with Gasteiger partial charge in [0.15, 0.2) is 0 Å². The van der Waals surface area contributed by atoms with Crippen LogP contribution in [0.3, 0.4) is 0 Å². The number of aliphatic carboxylic acids is 1. The molecule has 0 bridgehead atoms. The Kier molecular flexibility index (Phi) is 6.80. The molecule has 1 aromatic rings. The van der Waals surface area contributed by atoms with Gasteiger partial charge in [0.05, 0.1) is 6.61 Å². The molecule has 0 amide bonds. The van der Waals surface area contributed by atoms with E-state index in [0.717, 1.165) is 16.7 Å². The van der Waals surface area contributed by atoms with E-state index in [4.69, 9.17) is 10.2 Å². The molecule has 4 N–H and O–H groups in total. The first-order chi connectivity index (χ1) is 11.4. The first-order valence-electron chi connectivity index (χ1n) is 8.49. The zero-order valence-electron chi connectivity index (χ0n) is 16.1. The largest absolute Gasteiger partial charge is 0.507 e. The Morgan fingerprint density at radius 1 is 1.12 bits per heavy atom. The third kappa shape index (κ3) is 5.87. The van der Waals surface area contributed by atoms with Crippen LogP contribution in [0.1, 0.15) is 58.2 Å². The minimum atomic E-state index is -1.08. The van der Waals surface area contributed by atoms with Crippen molar-refractivity contribution in [2.24, 2.45) is 0 Å². The van der Waals surface area contributed by atoms with Gasteiger partial charge in [-0.3, -0.25) is 10.1 Å². The maximum Gasteiger partial charge on any atom is 0.323 e. The standard InChI is InChI=1S/C20H31NO4/c1-19(2,3)14-10-13(11-15(17(14)23)20(4,5)6)8-7-9-21-16(12-22)18(24)25/h7-8,10-11,16,21-23H,9,12H2,1-6H3,(H,24,25). The average molecular weight is 349 g/mol. The van der Waals surface area contributed by atoms with Crippen molar-refractivity contribution < 1.29 is 20.1 Å². The molecule has 0 aliphatic rings. The van der Waals surface area contributed by atoms with Crippen LogP contribution >= 0.6 is 0 Å². The van der Waals surface area contributed by atoms with Crippen LogP contribution in [-0.4, -0.2) is 40.5 Å². The van der Waals surface area contributed by atoms with Crippen LogP contribution in [0.4, 0.5) is 0 Å². The monoisotopic (exact) mass is 349 g/mol. The number of nitrogens with one attached hydrogen (secondary N) is 1. The fraction of sp³-hybridized carbons (Fsp3) is 0.550. The summed E-state index contributed by atoms with van der Waals surface area (Å²) in [6.45, 7) is 12.2. The number of hydrogen-bond acceptors (Lipinski definition) is 4. The van der Waals surface area contributed by atoms with Gasteiger partial charge < -0.3 is 15.3 Å². The molecular weight excluding hydrogens is 318 g/mol. The summed E-state index contributed by atoms with van der Waals surface area (Å²) < 4.78 is 0. The summed E-state index contributed by atoms with van der Waals surface area (Å²) in [6.07, 6.45) is 3.71. The Morgan fingerprint density at radius 2 is 1.60 bits per heavy atom. The number of phenolic OH excluding ortho intramolecular Hbond substituents is 1. The number of benzene rings is 1. The van der Waals surface area contributed by atoms with Crippen molar-refractivity contribution >= 4 is 12.0 Å². The van der Waals surface area contributed by atoms with E-state index in [9.17, 15) is 9.90 Å². The van der Waals surface area contributed by atoms with Gasteiger partial charge in [-0.1, -0.05) is 53.7 Å². The van der Waals surface area contributed by atoms with Crippen molar-refractivity contribution in [1.29, 1.82) is 0 Å². The molecule has 1 atom stereocenters. The third-order valence-corrected chi connectivity index (χ3v) is 4.02. The van der Waals surface area contributed by atoms with Gasteiger partial charge in [0.25, 0.3) is 0 Å². The highest BCUT2D eigenvalue weighted by molar-refractivity contribution is 5.73. The van der Waals surface area contributed by atoms with E-state index in [1.165, 1.54) is 0 Å². The average Bonchev–Trinajstić information content (AvgIpc) is 2.45. The highest BCUT2D eigenvalue weighted by Crippen LogP contribution is 2.39. The molecule has 0 radical (unpaired) electrons.